The lowest BCUT2D eigenvalue weighted by Gasteiger charge is -2.13. The van der Waals surface area contributed by atoms with Crippen molar-refractivity contribution in [2.45, 2.75) is 24.3 Å². The minimum Gasteiger partial charge on any atom is -0.481 e. The van der Waals surface area contributed by atoms with Crippen LogP contribution in [0.2, 0.25) is 0 Å². The molecule has 9 nitrogen and oxygen atoms in total. The van der Waals surface area contributed by atoms with E-state index < -0.39 is 44.6 Å². The minimum absolute atomic E-state index is 0.425. The van der Waals surface area contributed by atoms with E-state index in [1.807, 2.05) is 0 Å². The lowest BCUT2D eigenvalue weighted by molar-refractivity contribution is -0.137. The second-order valence-electron chi connectivity index (χ2n) is 4.37. The van der Waals surface area contributed by atoms with Crippen LogP contribution in [0.3, 0.4) is 0 Å². The SMILES string of the molecule is CC(CC(=O)O)NS(=O)(=O)c1cn(C)c(=O)n(C)c1=O. The number of aryl methyl sites for hydroxylation is 1. The van der Waals surface area contributed by atoms with Gasteiger partial charge in [-0.1, -0.05) is 0 Å². The Morgan fingerprint density at radius 2 is 1.95 bits per heavy atom. The van der Waals surface area contributed by atoms with Crippen molar-refractivity contribution >= 4 is 16.0 Å². The first-order valence-electron chi connectivity index (χ1n) is 5.57. The summed E-state index contributed by atoms with van der Waals surface area (Å²) in [7, 11) is -1.74. The average Bonchev–Trinajstić information content (AvgIpc) is 2.29. The molecule has 0 aliphatic rings. The molecule has 0 aliphatic carbocycles. The molecule has 20 heavy (non-hydrogen) atoms. The highest BCUT2D eigenvalue weighted by Gasteiger charge is 2.24. The number of rotatable bonds is 5. The first kappa shape index (κ1) is 16.1. The first-order valence-corrected chi connectivity index (χ1v) is 7.05. The maximum absolute atomic E-state index is 12.0. The smallest absolute Gasteiger partial charge is 0.330 e. The Morgan fingerprint density at radius 1 is 1.40 bits per heavy atom. The Hall–Kier alpha value is -1.94. The fourth-order valence-corrected chi connectivity index (χ4v) is 3.00. The number of sulfonamides is 1. The fraction of sp³-hybridized carbons (Fsp3) is 0.500. The summed E-state index contributed by atoms with van der Waals surface area (Å²) in [6.45, 7) is 1.36. The molecule has 2 N–H and O–H groups in total. The van der Waals surface area contributed by atoms with Crippen molar-refractivity contribution in [3.8, 4) is 0 Å². The maximum Gasteiger partial charge on any atom is 0.330 e. The van der Waals surface area contributed by atoms with Gasteiger partial charge in [0.1, 0.15) is 0 Å². The van der Waals surface area contributed by atoms with E-state index in [0.717, 1.165) is 17.8 Å². The number of nitrogens with one attached hydrogen (secondary N) is 1. The molecule has 0 aromatic carbocycles. The number of carbonyl (C=O) groups is 1. The zero-order valence-corrected chi connectivity index (χ0v) is 12.0. The van der Waals surface area contributed by atoms with Gasteiger partial charge in [-0.2, -0.15) is 0 Å². The molecule has 0 amide bonds. The molecule has 0 saturated carbocycles. The largest absolute Gasteiger partial charge is 0.481 e. The van der Waals surface area contributed by atoms with E-state index in [1.54, 1.807) is 0 Å². The summed E-state index contributed by atoms with van der Waals surface area (Å²) < 4.78 is 27.8. The van der Waals surface area contributed by atoms with E-state index in [0.29, 0.717) is 4.57 Å². The Labute approximate surface area is 114 Å². The van der Waals surface area contributed by atoms with Crippen LogP contribution in [-0.2, 0) is 28.9 Å². The summed E-state index contributed by atoms with van der Waals surface area (Å²) in [6, 6.07) is -0.889. The van der Waals surface area contributed by atoms with Gasteiger partial charge in [0.15, 0.2) is 4.90 Å². The van der Waals surface area contributed by atoms with Crippen molar-refractivity contribution in [1.29, 1.82) is 0 Å². The topological polar surface area (TPSA) is 127 Å². The van der Waals surface area contributed by atoms with E-state index >= 15 is 0 Å². The number of aliphatic carboxylic acids is 1. The third-order valence-corrected chi connectivity index (χ3v) is 4.11. The van der Waals surface area contributed by atoms with Crippen molar-refractivity contribution in [3.63, 3.8) is 0 Å². The van der Waals surface area contributed by atoms with Gasteiger partial charge in [-0.05, 0) is 6.92 Å². The summed E-state index contributed by atoms with van der Waals surface area (Å²) >= 11 is 0. The highest BCUT2D eigenvalue weighted by Crippen LogP contribution is 2.03. The first-order chi connectivity index (χ1) is 9.06. The van der Waals surface area contributed by atoms with E-state index in [1.165, 1.54) is 14.0 Å². The summed E-state index contributed by atoms with van der Waals surface area (Å²) in [4.78, 5) is 33.2. The molecule has 1 atom stereocenters. The molecule has 1 aromatic heterocycles. The number of hydrogen-bond donors (Lipinski definition) is 2. The second kappa shape index (κ2) is 5.59. The molecule has 0 bridgehead atoms. The summed E-state index contributed by atoms with van der Waals surface area (Å²) in [5, 5.41) is 8.58. The van der Waals surface area contributed by atoms with Crippen molar-refractivity contribution in [2.75, 3.05) is 0 Å². The van der Waals surface area contributed by atoms with Crippen LogP contribution in [-0.4, -0.2) is 34.7 Å². The summed E-state index contributed by atoms with van der Waals surface area (Å²) in [6.07, 6.45) is 0.478. The van der Waals surface area contributed by atoms with Gasteiger partial charge in [-0.25, -0.2) is 17.9 Å². The highest BCUT2D eigenvalue weighted by molar-refractivity contribution is 7.89. The van der Waals surface area contributed by atoms with Crippen molar-refractivity contribution in [2.24, 2.45) is 14.1 Å². The Morgan fingerprint density at radius 3 is 2.45 bits per heavy atom. The van der Waals surface area contributed by atoms with Crippen LogP contribution < -0.4 is 16.0 Å². The van der Waals surface area contributed by atoms with Gasteiger partial charge < -0.3 is 9.67 Å². The molecule has 0 radical (unpaired) electrons. The van der Waals surface area contributed by atoms with Crippen LogP contribution >= 0.6 is 0 Å². The predicted molar refractivity (Wildman–Crippen MR) is 69.0 cm³/mol. The molecular formula is C10H15N3O6S. The van der Waals surface area contributed by atoms with Crippen LogP contribution in [0.5, 0.6) is 0 Å². The van der Waals surface area contributed by atoms with Crippen LogP contribution in [0.4, 0.5) is 0 Å². The lowest BCUT2D eigenvalue weighted by Crippen LogP contribution is -2.43. The standard InChI is InChI=1S/C10H15N3O6S/c1-6(4-8(14)15)11-20(18,19)7-5-12(2)10(17)13(3)9(7)16/h5-6,11H,4H2,1-3H3,(H,14,15). The van der Waals surface area contributed by atoms with Crippen LogP contribution in [0.1, 0.15) is 13.3 Å². The van der Waals surface area contributed by atoms with Gasteiger partial charge in [-0.3, -0.25) is 14.2 Å². The lowest BCUT2D eigenvalue weighted by atomic mass is 10.3. The van der Waals surface area contributed by atoms with Gasteiger partial charge in [0.05, 0.1) is 6.42 Å². The highest BCUT2D eigenvalue weighted by atomic mass is 32.2. The normalized spacial score (nSPS) is 13.2. The second-order valence-corrected chi connectivity index (χ2v) is 6.05. The molecule has 0 spiro atoms. The quantitative estimate of drug-likeness (QED) is 0.662. The molecular weight excluding hydrogens is 290 g/mol. The van der Waals surface area contributed by atoms with Crippen molar-refractivity contribution in [1.82, 2.24) is 13.9 Å². The number of nitrogens with zero attached hydrogens (tertiary/aromatic N) is 2. The molecule has 0 aliphatic heterocycles. The van der Waals surface area contributed by atoms with E-state index in [-0.39, 0.29) is 0 Å². The average molecular weight is 305 g/mol. The third kappa shape index (κ3) is 3.33. The number of hydrogen-bond acceptors (Lipinski definition) is 5. The van der Waals surface area contributed by atoms with E-state index in [2.05, 4.69) is 4.72 Å². The zero-order chi connectivity index (χ0) is 15.7. The summed E-state index contributed by atoms with van der Waals surface area (Å²) in [5.41, 5.74) is -1.63. The molecule has 1 rings (SSSR count). The molecule has 1 unspecified atom stereocenters. The Bertz CT molecular complexity index is 745. The van der Waals surface area contributed by atoms with E-state index in [4.69, 9.17) is 5.11 Å². The van der Waals surface area contributed by atoms with Crippen LogP contribution in [0.25, 0.3) is 0 Å². The van der Waals surface area contributed by atoms with Crippen molar-refractivity contribution in [3.05, 3.63) is 27.0 Å². The van der Waals surface area contributed by atoms with E-state index in [9.17, 15) is 22.8 Å². The van der Waals surface area contributed by atoms with Crippen LogP contribution in [0.15, 0.2) is 20.7 Å². The maximum atomic E-state index is 12.0. The molecule has 0 saturated heterocycles. The van der Waals surface area contributed by atoms with Gasteiger partial charge >= 0.3 is 11.7 Å². The van der Waals surface area contributed by atoms with Gasteiger partial charge in [0.25, 0.3) is 5.56 Å². The molecule has 0 fully saturated rings. The van der Waals surface area contributed by atoms with Gasteiger partial charge in [0.2, 0.25) is 10.0 Å². The number of carboxylic acids is 1. The molecule has 1 heterocycles. The minimum atomic E-state index is -4.20. The Kier molecular flexibility index (Phi) is 4.50. The van der Waals surface area contributed by atoms with Crippen molar-refractivity contribution < 1.29 is 18.3 Å². The van der Waals surface area contributed by atoms with Gasteiger partial charge in [-0.15, -0.1) is 0 Å². The monoisotopic (exact) mass is 305 g/mol. The molecule has 112 valence electrons. The van der Waals surface area contributed by atoms with Crippen LogP contribution in [0, 0.1) is 0 Å². The molecule has 10 heteroatoms. The summed E-state index contributed by atoms with van der Waals surface area (Å²) in [5.74, 6) is -1.17. The fourth-order valence-electron chi connectivity index (χ4n) is 1.59. The molecule has 1 aromatic rings. The third-order valence-electron chi connectivity index (χ3n) is 2.54. The number of carboxylic acid groups (broad SMARTS) is 1. The number of aromatic nitrogens is 2. The predicted octanol–water partition coefficient (Wildman–Crippen LogP) is -1.77. The zero-order valence-electron chi connectivity index (χ0n) is 11.2. The van der Waals surface area contributed by atoms with Gasteiger partial charge in [0, 0.05) is 26.3 Å². The Balaban J connectivity index is 3.27.